The van der Waals surface area contributed by atoms with Crippen LogP contribution < -0.4 is 0 Å². The molecule has 0 radical (unpaired) electrons. The van der Waals surface area contributed by atoms with E-state index in [-0.39, 0.29) is 11.9 Å². The number of hydrogen-bond acceptors (Lipinski definition) is 4. The molecule has 0 aromatic rings. The summed E-state index contributed by atoms with van der Waals surface area (Å²) in [6.07, 6.45) is 2.47. The zero-order chi connectivity index (χ0) is 19.5. The van der Waals surface area contributed by atoms with E-state index >= 15 is 0 Å². The second-order valence-corrected chi connectivity index (χ2v) is 9.10. The fourth-order valence-electron chi connectivity index (χ4n) is 4.08. The molecule has 150 valence electrons. The normalized spacial score (nSPS) is 21.3. The molecule has 0 aliphatic carbocycles. The molecule has 2 rings (SSSR count). The first-order valence-corrected chi connectivity index (χ1v) is 10.2. The van der Waals surface area contributed by atoms with Crippen molar-refractivity contribution in [1.82, 2.24) is 19.6 Å². The maximum Gasteiger partial charge on any atom is 0.327 e. The standard InChI is InChI=1S/C20H38N4O2/c1-16(2)7-10-24-19(26)23(14-13-21(5)6)18(25)20(24)8-11-22(12-9-20)15-17(3)4/h16-17H,7-15H2,1-6H3. The van der Waals surface area contributed by atoms with Crippen LogP contribution in [0, 0.1) is 11.8 Å². The van der Waals surface area contributed by atoms with Crippen LogP contribution in [-0.2, 0) is 4.79 Å². The second-order valence-electron chi connectivity index (χ2n) is 9.10. The van der Waals surface area contributed by atoms with Gasteiger partial charge < -0.3 is 14.7 Å². The lowest BCUT2D eigenvalue weighted by atomic mass is 9.85. The zero-order valence-electron chi connectivity index (χ0n) is 17.6. The van der Waals surface area contributed by atoms with E-state index in [1.165, 1.54) is 4.90 Å². The summed E-state index contributed by atoms with van der Waals surface area (Å²) in [5, 5.41) is 0. The van der Waals surface area contributed by atoms with Crippen LogP contribution in [-0.4, -0.2) is 90.4 Å². The number of rotatable bonds is 8. The van der Waals surface area contributed by atoms with E-state index in [0.29, 0.717) is 31.5 Å². The van der Waals surface area contributed by atoms with Crippen molar-refractivity contribution in [1.29, 1.82) is 0 Å². The van der Waals surface area contributed by atoms with Gasteiger partial charge in [-0.2, -0.15) is 0 Å². The highest BCUT2D eigenvalue weighted by molar-refractivity contribution is 6.07. The van der Waals surface area contributed by atoms with Gasteiger partial charge in [0.05, 0.1) is 0 Å². The number of likely N-dealkylation sites (tertiary alicyclic amines) is 1. The van der Waals surface area contributed by atoms with Crippen LogP contribution in [0.5, 0.6) is 0 Å². The number of imide groups is 1. The smallest absolute Gasteiger partial charge is 0.309 e. The minimum absolute atomic E-state index is 0.0392. The summed E-state index contributed by atoms with van der Waals surface area (Å²) in [5.74, 6) is 1.18. The molecule has 2 fully saturated rings. The summed E-state index contributed by atoms with van der Waals surface area (Å²) < 4.78 is 0. The van der Waals surface area contributed by atoms with Gasteiger partial charge in [0.25, 0.3) is 5.91 Å². The van der Waals surface area contributed by atoms with Gasteiger partial charge in [0.1, 0.15) is 5.54 Å². The van der Waals surface area contributed by atoms with Crippen molar-refractivity contribution < 1.29 is 9.59 Å². The van der Waals surface area contributed by atoms with Gasteiger partial charge >= 0.3 is 6.03 Å². The predicted octanol–water partition coefficient (Wildman–Crippen LogP) is 2.35. The number of carbonyl (C=O) groups is 2. The van der Waals surface area contributed by atoms with Crippen LogP contribution in [0.15, 0.2) is 0 Å². The minimum atomic E-state index is -0.605. The number of carbonyl (C=O) groups excluding carboxylic acids is 2. The molecule has 2 heterocycles. The lowest BCUT2D eigenvalue weighted by Gasteiger charge is -2.42. The maximum absolute atomic E-state index is 13.3. The van der Waals surface area contributed by atoms with Crippen molar-refractivity contribution in [2.45, 2.75) is 52.5 Å². The number of urea groups is 1. The molecule has 0 N–H and O–H groups in total. The van der Waals surface area contributed by atoms with Crippen molar-refractivity contribution in [3.8, 4) is 0 Å². The predicted molar refractivity (Wildman–Crippen MR) is 105 cm³/mol. The van der Waals surface area contributed by atoms with Crippen molar-refractivity contribution in [3.63, 3.8) is 0 Å². The third-order valence-electron chi connectivity index (χ3n) is 5.63. The Kier molecular flexibility index (Phi) is 7.08. The van der Waals surface area contributed by atoms with Gasteiger partial charge in [-0.15, -0.1) is 0 Å². The molecule has 0 saturated carbocycles. The Morgan fingerprint density at radius 1 is 1.00 bits per heavy atom. The molecule has 0 atom stereocenters. The van der Waals surface area contributed by atoms with Gasteiger partial charge in [0.2, 0.25) is 0 Å². The number of nitrogens with zero attached hydrogens (tertiary/aromatic N) is 4. The summed E-state index contributed by atoms with van der Waals surface area (Å²) in [5.41, 5.74) is -0.605. The molecule has 2 saturated heterocycles. The van der Waals surface area contributed by atoms with Crippen molar-refractivity contribution in [2.75, 3.05) is 53.4 Å². The van der Waals surface area contributed by atoms with Crippen molar-refractivity contribution >= 4 is 11.9 Å². The van der Waals surface area contributed by atoms with Crippen LogP contribution >= 0.6 is 0 Å². The topological polar surface area (TPSA) is 47.1 Å². The molecule has 6 heteroatoms. The van der Waals surface area contributed by atoms with E-state index in [2.05, 4.69) is 32.6 Å². The molecule has 0 aromatic carbocycles. The Labute approximate surface area is 159 Å². The van der Waals surface area contributed by atoms with Crippen molar-refractivity contribution in [3.05, 3.63) is 0 Å². The molecule has 6 nitrogen and oxygen atoms in total. The molecule has 26 heavy (non-hydrogen) atoms. The van der Waals surface area contributed by atoms with Gasteiger partial charge in [0, 0.05) is 39.3 Å². The number of piperidine rings is 1. The Balaban J connectivity index is 2.16. The highest BCUT2D eigenvalue weighted by atomic mass is 16.2. The summed E-state index contributed by atoms with van der Waals surface area (Å²) in [7, 11) is 3.95. The number of hydrogen-bond donors (Lipinski definition) is 0. The summed E-state index contributed by atoms with van der Waals surface area (Å²) in [4.78, 5) is 34.3. The second kappa shape index (κ2) is 8.70. The molecule has 0 bridgehead atoms. The highest BCUT2D eigenvalue weighted by Crippen LogP contribution is 2.37. The third-order valence-corrected chi connectivity index (χ3v) is 5.63. The Hall–Kier alpha value is -1.14. The van der Waals surface area contributed by atoms with E-state index in [1.807, 2.05) is 23.9 Å². The first kappa shape index (κ1) is 21.2. The van der Waals surface area contributed by atoms with Crippen LogP contribution in [0.4, 0.5) is 4.79 Å². The van der Waals surface area contributed by atoms with E-state index in [0.717, 1.165) is 38.9 Å². The van der Waals surface area contributed by atoms with Gasteiger partial charge in [-0.05, 0) is 45.2 Å². The van der Waals surface area contributed by atoms with Crippen LogP contribution in [0.25, 0.3) is 0 Å². The molecule has 2 aliphatic rings. The summed E-state index contributed by atoms with van der Waals surface area (Å²) in [6.45, 7) is 13.5. The minimum Gasteiger partial charge on any atom is -0.309 e. The lowest BCUT2D eigenvalue weighted by Crippen LogP contribution is -2.57. The Morgan fingerprint density at radius 2 is 1.62 bits per heavy atom. The third kappa shape index (κ3) is 4.58. The maximum atomic E-state index is 13.3. The van der Waals surface area contributed by atoms with Crippen molar-refractivity contribution in [2.24, 2.45) is 11.8 Å². The van der Waals surface area contributed by atoms with Gasteiger partial charge in [-0.1, -0.05) is 27.7 Å². The molecule has 3 amide bonds. The monoisotopic (exact) mass is 366 g/mol. The molecule has 0 aromatic heterocycles. The fourth-order valence-corrected chi connectivity index (χ4v) is 4.08. The largest absolute Gasteiger partial charge is 0.327 e. The van der Waals surface area contributed by atoms with E-state index in [1.54, 1.807) is 0 Å². The average Bonchev–Trinajstić information content (AvgIpc) is 2.73. The Morgan fingerprint density at radius 3 is 2.12 bits per heavy atom. The van der Waals surface area contributed by atoms with Gasteiger partial charge in [-0.25, -0.2) is 4.79 Å². The van der Waals surface area contributed by atoms with E-state index in [9.17, 15) is 9.59 Å². The number of amides is 3. The first-order chi connectivity index (χ1) is 12.2. The zero-order valence-corrected chi connectivity index (χ0v) is 17.6. The highest BCUT2D eigenvalue weighted by Gasteiger charge is 2.57. The SMILES string of the molecule is CC(C)CCN1C(=O)N(CCN(C)C)C(=O)C12CCN(CC(C)C)CC2. The van der Waals surface area contributed by atoms with E-state index in [4.69, 9.17) is 0 Å². The van der Waals surface area contributed by atoms with Gasteiger partial charge in [-0.3, -0.25) is 9.69 Å². The lowest BCUT2D eigenvalue weighted by molar-refractivity contribution is -0.135. The Bertz CT molecular complexity index is 496. The van der Waals surface area contributed by atoms with Crippen LogP contribution in [0.1, 0.15) is 47.0 Å². The molecular weight excluding hydrogens is 328 g/mol. The van der Waals surface area contributed by atoms with E-state index < -0.39 is 5.54 Å². The molecular formula is C20H38N4O2. The van der Waals surface area contributed by atoms with Crippen LogP contribution in [0.3, 0.4) is 0 Å². The molecule has 2 aliphatic heterocycles. The number of likely N-dealkylation sites (N-methyl/N-ethyl adjacent to an activating group) is 1. The fraction of sp³-hybridized carbons (Fsp3) is 0.900. The summed E-state index contributed by atoms with van der Waals surface area (Å²) >= 11 is 0. The first-order valence-electron chi connectivity index (χ1n) is 10.2. The van der Waals surface area contributed by atoms with Crippen LogP contribution in [0.2, 0.25) is 0 Å². The average molecular weight is 367 g/mol. The summed E-state index contributed by atoms with van der Waals surface area (Å²) in [6, 6.07) is -0.0743. The quantitative estimate of drug-likeness (QED) is 0.619. The molecule has 1 spiro atoms. The molecule has 0 unspecified atom stereocenters. The van der Waals surface area contributed by atoms with Gasteiger partial charge in [0.15, 0.2) is 0 Å².